The molecule has 0 saturated heterocycles. The number of aromatic carboxylic acids is 1. The van der Waals surface area contributed by atoms with Gasteiger partial charge >= 0.3 is 5.97 Å². The minimum Gasteiger partial charge on any atom is -0.478 e. The lowest BCUT2D eigenvalue weighted by molar-refractivity contribution is -0.117. The Balaban J connectivity index is 2.20. The predicted octanol–water partition coefficient (Wildman–Crippen LogP) is 6.49. The first kappa shape index (κ1) is 19.4. The number of carbonyl (C=O) groups is 2. The second-order valence-corrected chi connectivity index (χ2v) is 7.45. The van der Waals surface area contributed by atoms with E-state index >= 15 is 0 Å². The van der Waals surface area contributed by atoms with Gasteiger partial charge in [0.25, 0.3) is 0 Å². The number of halogens is 2. The van der Waals surface area contributed by atoms with Crippen LogP contribution >= 0.6 is 34.5 Å². The molecule has 7 heteroatoms. The van der Waals surface area contributed by atoms with Gasteiger partial charge in [0.05, 0.1) is 16.3 Å². The standard InChI is InChI=1S/C20H15Cl2NO3S/c1-2-17(24)23(15-5-3-4-14(22)10-15)16-11-27-19(18(16)20(25)26)12-6-8-13(21)9-7-12/h3-11H,2H2,1H3,(H,25,26). The molecule has 0 radical (unpaired) electrons. The van der Waals surface area contributed by atoms with Crippen LogP contribution in [0.5, 0.6) is 0 Å². The van der Waals surface area contributed by atoms with Crippen molar-refractivity contribution in [2.45, 2.75) is 13.3 Å². The van der Waals surface area contributed by atoms with E-state index in [1.165, 1.54) is 16.2 Å². The van der Waals surface area contributed by atoms with Crippen LogP contribution in [0.3, 0.4) is 0 Å². The summed E-state index contributed by atoms with van der Waals surface area (Å²) in [6, 6.07) is 13.7. The SMILES string of the molecule is CCC(=O)N(c1cccc(Cl)c1)c1csc(-c2ccc(Cl)cc2)c1C(=O)O. The van der Waals surface area contributed by atoms with Gasteiger partial charge in [0.15, 0.2) is 0 Å². The van der Waals surface area contributed by atoms with Crippen molar-refractivity contribution >= 4 is 57.8 Å². The zero-order valence-electron chi connectivity index (χ0n) is 14.3. The van der Waals surface area contributed by atoms with Gasteiger partial charge in [-0.3, -0.25) is 9.69 Å². The van der Waals surface area contributed by atoms with Crippen molar-refractivity contribution in [2.24, 2.45) is 0 Å². The highest BCUT2D eigenvalue weighted by molar-refractivity contribution is 7.14. The second kappa shape index (κ2) is 8.13. The van der Waals surface area contributed by atoms with E-state index in [0.717, 1.165) is 5.56 Å². The van der Waals surface area contributed by atoms with Gasteiger partial charge < -0.3 is 5.11 Å². The third kappa shape index (κ3) is 4.00. The van der Waals surface area contributed by atoms with Crippen molar-refractivity contribution in [3.05, 3.63) is 69.5 Å². The van der Waals surface area contributed by atoms with Crippen LogP contribution in [-0.2, 0) is 4.79 Å². The maximum atomic E-state index is 12.7. The number of thiophene rings is 1. The molecule has 0 atom stereocenters. The number of nitrogens with zero attached hydrogens (tertiary/aromatic N) is 1. The highest BCUT2D eigenvalue weighted by Crippen LogP contribution is 2.41. The number of carboxylic acid groups (broad SMARTS) is 1. The number of anilines is 2. The minimum atomic E-state index is -1.10. The monoisotopic (exact) mass is 419 g/mol. The molecule has 3 aromatic rings. The molecule has 0 spiro atoms. The lowest BCUT2D eigenvalue weighted by atomic mass is 10.1. The fourth-order valence-corrected chi connectivity index (χ4v) is 4.07. The van der Waals surface area contributed by atoms with Gasteiger partial charge in [0, 0.05) is 21.8 Å². The van der Waals surface area contributed by atoms with Crippen molar-refractivity contribution in [1.29, 1.82) is 0 Å². The van der Waals surface area contributed by atoms with E-state index in [1.54, 1.807) is 60.8 Å². The Morgan fingerprint density at radius 3 is 2.37 bits per heavy atom. The number of rotatable bonds is 5. The number of hydrogen-bond donors (Lipinski definition) is 1. The Morgan fingerprint density at radius 1 is 1.07 bits per heavy atom. The van der Waals surface area contributed by atoms with Crippen LogP contribution in [0.15, 0.2) is 53.9 Å². The molecule has 0 fully saturated rings. The quantitative estimate of drug-likeness (QED) is 0.513. The molecule has 1 aromatic heterocycles. The highest BCUT2D eigenvalue weighted by atomic mass is 35.5. The van der Waals surface area contributed by atoms with Gasteiger partial charge in [-0.25, -0.2) is 4.79 Å². The zero-order chi connectivity index (χ0) is 19.6. The zero-order valence-corrected chi connectivity index (χ0v) is 16.6. The first-order chi connectivity index (χ1) is 12.9. The van der Waals surface area contributed by atoms with E-state index < -0.39 is 5.97 Å². The predicted molar refractivity (Wildman–Crippen MR) is 111 cm³/mol. The van der Waals surface area contributed by atoms with Gasteiger partial charge in [0.1, 0.15) is 5.56 Å². The molecule has 27 heavy (non-hydrogen) atoms. The van der Waals surface area contributed by atoms with Gasteiger partial charge in [-0.15, -0.1) is 11.3 Å². The van der Waals surface area contributed by atoms with E-state index in [0.29, 0.717) is 26.3 Å². The molecule has 1 heterocycles. The summed E-state index contributed by atoms with van der Waals surface area (Å²) in [6.07, 6.45) is 0.220. The molecule has 0 saturated carbocycles. The molecule has 0 aliphatic heterocycles. The maximum absolute atomic E-state index is 12.7. The normalized spacial score (nSPS) is 10.6. The summed E-state index contributed by atoms with van der Waals surface area (Å²) in [5.74, 6) is -1.33. The lowest BCUT2D eigenvalue weighted by Gasteiger charge is -2.22. The molecule has 3 rings (SSSR count). The van der Waals surface area contributed by atoms with Crippen LogP contribution in [0.1, 0.15) is 23.7 Å². The van der Waals surface area contributed by atoms with Crippen molar-refractivity contribution in [3.8, 4) is 10.4 Å². The summed E-state index contributed by atoms with van der Waals surface area (Å²) >= 11 is 13.3. The molecule has 2 aromatic carbocycles. The van der Waals surface area contributed by atoms with E-state index in [1.807, 2.05) is 0 Å². The lowest BCUT2D eigenvalue weighted by Crippen LogP contribution is -2.26. The van der Waals surface area contributed by atoms with Crippen molar-refractivity contribution in [3.63, 3.8) is 0 Å². The summed E-state index contributed by atoms with van der Waals surface area (Å²) in [4.78, 5) is 26.7. The number of benzene rings is 2. The maximum Gasteiger partial charge on any atom is 0.339 e. The molecule has 0 bridgehead atoms. The van der Waals surface area contributed by atoms with Gasteiger partial charge in [-0.05, 0) is 35.9 Å². The molecule has 1 N–H and O–H groups in total. The van der Waals surface area contributed by atoms with E-state index in [-0.39, 0.29) is 17.9 Å². The molecule has 138 valence electrons. The molecule has 1 amide bonds. The Kier molecular flexibility index (Phi) is 5.85. The average molecular weight is 420 g/mol. The average Bonchev–Trinajstić information content (AvgIpc) is 3.07. The third-order valence-electron chi connectivity index (χ3n) is 3.95. The Labute approximate surface area is 170 Å². The van der Waals surface area contributed by atoms with Crippen LogP contribution in [-0.4, -0.2) is 17.0 Å². The first-order valence-electron chi connectivity index (χ1n) is 8.11. The van der Waals surface area contributed by atoms with Crippen molar-refractivity contribution in [2.75, 3.05) is 4.90 Å². The van der Waals surface area contributed by atoms with E-state index in [2.05, 4.69) is 0 Å². The molecule has 0 aliphatic rings. The summed E-state index contributed by atoms with van der Waals surface area (Å²) < 4.78 is 0. The van der Waals surface area contributed by atoms with E-state index in [4.69, 9.17) is 23.2 Å². The Bertz CT molecular complexity index is 999. The third-order valence-corrected chi connectivity index (χ3v) is 5.45. The fraction of sp³-hybridized carbons (Fsp3) is 0.100. The topological polar surface area (TPSA) is 57.6 Å². The first-order valence-corrected chi connectivity index (χ1v) is 9.75. The summed E-state index contributed by atoms with van der Waals surface area (Å²) in [7, 11) is 0. The van der Waals surface area contributed by atoms with Crippen LogP contribution in [0.2, 0.25) is 10.0 Å². The summed E-state index contributed by atoms with van der Waals surface area (Å²) in [5.41, 5.74) is 1.65. The fourth-order valence-electron chi connectivity index (χ4n) is 2.72. The van der Waals surface area contributed by atoms with Crippen molar-refractivity contribution in [1.82, 2.24) is 0 Å². The Morgan fingerprint density at radius 2 is 1.78 bits per heavy atom. The molecule has 4 nitrogen and oxygen atoms in total. The number of carboxylic acids is 1. The summed E-state index contributed by atoms with van der Waals surface area (Å²) in [5, 5.41) is 12.6. The highest BCUT2D eigenvalue weighted by Gasteiger charge is 2.27. The van der Waals surface area contributed by atoms with Gasteiger partial charge in [-0.1, -0.05) is 48.3 Å². The smallest absolute Gasteiger partial charge is 0.339 e. The second-order valence-electron chi connectivity index (χ2n) is 5.70. The van der Waals surface area contributed by atoms with Crippen LogP contribution < -0.4 is 4.90 Å². The number of carbonyl (C=O) groups excluding carboxylic acids is 1. The van der Waals surface area contributed by atoms with Gasteiger partial charge in [-0.2, -0.15) is 0 Å². The van der Waals surface area contributed by atoms with Gasteiger partial charge in [0.2, 0.25) is 5.91 Å². The van der Waals surface area contributed by atoms with Crippen LogP contribution in [0.25, 0.3) is 10.4 Å². The van der Waals surface area contributed by atoms with Crippen LogP contribution in [0.4, 0.5) is 11.4 Å². The minimum absolute atomic E-state index is 0.0732. The molecule has 0 aliphatic carbocycles. The van der Waals surface area contributed by atoms with Crippen molar-refractivity contribution < 1.29 is 14.7 Å². The largest absolute Gasteiger partial charge is 0.478 e. The molecule has 0 unspecified atom stereocenters. The van der Waals surface area contributed by atoms with E-state index in [9.17, 15) is 14.7 Å². The number of amides is 1. The molecular formula is C20H15Cl2NO3S. The molecular weight excluding hydrogens is 405 g/mol. The number of hydrogen-bond acceptors (Lipinski definition) is 3. The summed E-state index contributed by atoms with van der Waals surface area (Å²) in [6.45, 7) is 1.73. The Hall–Kier alpha value is -2.34. The van der Waals surface area contributed by atoms with Crippen LogP contribution in [0, 0.1) is 0 Å².